The molecule has 0 amide bonds. The molecule has 0 unspecified atom stereocenters. The zero-order chi connectivity index (χ0) is 31.1. The minimum atomic E-state index is -0.795. The van der Waals surface area contributed by atoms with Gasteiger partial charge in [0.1, 0.15) is 11.8 Å². The van der Waals surface area contributed by atoms with Gasteiger partial charge in [-0.3, -0.25) is 9.36 Å². The molecule has 5 aromatic rings. The quantitative estimate of drug-likeness (QED) is 0.180. The fraction of sp³-hybridized carbons (Fsp3) is 0.206. The Labute approximate surface area is 271 Å². The first-order chi connectivity index (χ1) is 21.1. The van der Waals surface area contributed by atoms with Gasteiger partial charge in [0.05, 0.1) is 29.0 Å². The molecule has 2 aromatic heterocycles. The lowest BCUT2D eigenvalue weighted by atomic mass is 9.95. The highest BCUT2D eigenvalue weighted by molar-refractivity contribution is 9.10. The summed E-state index contributed by atoms with van der Waals surface area (Å²) < 4.78 is 16.4. The van der Waals surface area contributed by atoms with Gasteiger partial charge < -0.3 is 14.0 Å². The average molecular weight is 691 g/mol. The molecule has 1 aliphatic heterocycles. The second-order valence-electron chi connectivity index (χ2n) is 10.8. The van der Waals surface area contributed by atoms with Crippen molar-refractivity contribution in [2.75, 3.05) is 7.11 Å². The number of para-hydroxylation sites is 1. The van der Waals surface area contributed by atoms with Gasteiger partial charge in [0, 0.05) is 44.3 Å². The van der Waals surface area contributed by atoms with E-state index in [1.165, 1.54) is 11.3 Å². The van der Waals surface area contributed by atoms with Crippen LogP contribution in [-0.4, -0.2) is 28.3 Å². The molecule has 0 spiro atoms. The fourth-order valence-electron chi connectivity index (χ4n) is 5.57. The highest BCUT2D eigenvalue weighted by atomic mass is 79.9. The molecule has 10 heteroatoms. The van der Waals surface area contributed by atoms with Crippen LogP contribution in [0.3, 0.4) is 0 Å². The lowest BCUT2D eigenvalue weighted by Gasteiger charge is -2.26. The maximum absolute atomic E-state index is 14.3. The van der Waals surface area contributed by atoms with E-state index in [2.05, 4.69) is 32.8 Å². The van der Waals surface area contributed by atoms with Crippen LogP contribution in [0.1, 0.15) is 43.5 Å². The Morgan fingerprint density at radius 2 is 1.93 bits per heavy atom. The Kier molecular flexibility index (Phi) is 8.37. The molecule has 0 saturated heterocycles. The van der Waals surface area contributed by atoms with E-state index in [-0.39, 0.29) is 11.7 Å². The first-order valence-corrected chi connectivity index (χ1v) is 16.0. The second kappa shape index (κ2) is 12.2. The highest BCUT2D eigenvalue weighted by Crippen LogP contribution is 2.37. The minimum absolute atomic E-state index is 0.255. The van der Waals surface area contributed by atoms with Crippen molar-refractivity contribution >= 4 is 61.8 Å². The summed E-state index contributed by atoms with van der Waals surface area (Å²) in [5.74, 6) is 0.0213. The van der Waals surface area contributed by atoms with Crippen molar-refractivity contribution in [3.63, 3.8) is 0 Å². The molecule has 0 bridgehead atoms. The molecular weight excluding hydrogens is 662 g/mol. The Morgan fingerprint density at radius 1 is 1.14 bits per heavy atom. The van der Waals surface area contributed by atoms with Gasteiger partial charge in [-0.1, -0.05) is 69.2 Å². The molecule has 3 heterocycles. The van der Waals surface area contributed by atoms with Crippen LogP contribution in [0.5, 0.6) is 5.75 Å². The van der Waals surface area contributed by atoms with Crippen molar-refractivity contribution in [3.8, 4) is 5.75 Å². The van der Waals surface area contributed by atoms with Gasteiger partial charge in [0.25, 0.3) is 5.56 Å². The number of hydrogen-bond acceptors (Lipinski definition) is 6. The van der Waals surface area contributed by atoms with Gasteiger partial charge in [-0.2, -0.15) is 0 Å². The lowest BCUT2D eigenvalue weighted by Crippen LogP contribution is -2.40. The molecule has 44 heavy (non-hydrogen) atoms. The van der Waals surface area contributed by atoms with Crippen LogP contribution >= 0.6 is 38.9 Å². The van der Waals surface area contributed by atoms with E-state index >= 15 is 0 Å². The number of hydrogen-bond donors (Lipinski definition) is 0. The molecule has 7 nitrogen and oxygen atoms in total. The topological polar surface area (TPSA) is 74.8 Å². The van der Waals surface area contributed by atoms with Crippen LogP contribution in [0.2, 0.25) is 5.02 Å². The molecule has 1 aliphatic rings. The van der Waals surface area contributed by atoms with Crippen LogP contribution in [0.15, 0.2) is 98.5 Å². The molecular formula is C34H29BrClN3O4S. The molecule has 6 rings (SSSR count). The van der Waals surface area contributed by atoms with E-state index in [1.54, 1.807) is 32.4 Å². The first kappa shape index (κ1) is 30.1. The summed E-state index contributed by atoms with van der Waals surface area (Å²) in [4.78, 5) is 33.0. The van der Waals surface area contributed by atoms with Crippen molar-refractivity contribution < 1.29 is 14.3 Å². The standard InChI is InChI=1S/C34H29BrClN3O4S/c1-19(2)43-33(41)30-20(3)37-34-39(31(30)26-16-23(35)12-13-28(26)42-4)32(40)29(44-34)15-22-18-38(27-11-6-5-10-25(22)27)17-21-8-7-9-24(36)14-21/h5-16,18-19,31H,17H2,1-4H3/b29-15-/t31-/m1/s1. The van der Waals surface area contributed by atoms with Crippen molar-refractivity contribution in [1.82, 2.24) is 9.13 Å². The number of methoxy groups -OCH3 is 1. The Morgan fingerprint density at radius 3 is 2.68 bits per heavy atom. The summed E-state index contributed by atoms with van der Waals surface area (Å²) in [6.45, 7) is 5.98. The van der Waals surface area contributed by atoms with Crippen molar-refractivity contribution in [3.05, 3.63) is 130 Å². The predicted molar refractivity (Wildman–Crippen MR) is 178 cm³/mol. The lowest BCUT2D eigenvalue weighted by molar-refractivity contribution is -0.143. The van der Waals surface area contributed by atoms with Gasteiger partial charge >= 0.3 is 5.97 Å². The number of halogens is 2. The SMILES string of the molecule is COc1ccc(Br)cc1[C@@H]1C(C(=O)OC(C)C)=C(C)N=c2s/c(=C\c3cn(Cc4cccc(Cl)c4)c4ccccc34)c(=O)n21. The number of carbonyl (C=O) groups is 1. The molecule has 0 radical (unpaired) electrons. The summed E-state index contributed by atoms with van der Waals surface area (Å²) in [7, 11) is 1.57. The highest BCUT2D eigenvalue weighted by Gasteiger charge is 2.35. The van der Waals surface area contributed by atoms with E-state index in [9.17, 15) is 9.59 Å². The predicted octanol–water partition coefficient (Wildman–Crippen LogP) is 6.61. The second-order valence-corrected chi connectivity index (χ2v) is 13.1. The van der Waals surface area contributed by atoms with Gasteiger partial charge in [-0.05, 0) is 68.8 Å². The third-order valence-corrected chi connectivity index (χ3v) is 9.13. The normalized spacial score (nSPS) is 15.1. The first-order valence-electron chi connectivity index (χ1n) is 14.0. The molecule has 0 fully saturated rings. The number of nitrogens with zero attached hydrogens (tertiary/aromatic N) is 3. The number of carbonyl (C=O) groups excluding carboxylic acids is 1. The number of aromatic nitrogens is 2. The van der Waals surface area contributed by atoms with Gasteiger partial charge in [0.2, 0.25) is 0 Å². The molecule has 1 atom stereocenters. The van der Waals surface area contributed by atoms with Crippen molar-refractivity contribution in [1.29, 1.82) is 0 Å². The zero-order valence-electron chi connectivity index (χ0n) is 24.5. The molecule has 224 valence electrons. The van der Waals surface area contributed by atoms with Crippen molar-refractivity contribution in [2.45, 2.75) is 39.5 Å². The number of thiazole rings is 1. The molecule has 0 N–H and O–H groups in total. The van der Waals surface area contributed by atoms with E-state index in [4.69, 9.17) is 26.1 Å². The number of rotatable bonds is 7. The summed E-state index contributed by atoms with van der Waals surface area (Å²) in [5.41, 5.74) is 4.20. The van der Waals surface area contributed by atoms with Crippen LogP contribution < -0.4 is 19.6 Å². The third kappa shape index (κ3) is 5.67. The minimum Gasteiger partial charge on any atom is -0.496 e. The summed E-state index contributed by atoms with van der Waals surface area (Å²) in [5, 5.41) is 1.70. The van der Waals surface area contributed by atoms with Crippen LogP contribution in [0, 0.1) is 0 Å². The van der Waals surface area contributed by atoms with Crippen LogP contribution in [0.4, 0.5) is 0 Å². The van der Waals surface area contributed by atoms with E-state index in [0.717, 1.165) is 26.5 Å². The average Bonchev–Trinajstić information content (AvgIpc) is 3.48. The smallest absolute Gasteiger partial charge is 0.338 e. The van der Waals surface area contributed by atoms with E-state index < -0.39 is 12.0 Å². The maximum Gasteiger partial charge on any atom is 0.338 e. The number of benzene rings is 3. The third-order valence-electron chi connectivity index (χ3n) is 7.42. The van der Waals surface area contributed by atoms with E-state index in [0.29, 0.717) is 43.5 Å². The number of fused-ring (bicyclic) bond motifs is 2. The number of esters is 1. The number of allylic oxidation sites excluding steroid dienone is 1. The molecule has 0 saturated carbocycles. The Balaban J connectivity index is 1.54. The summed E-state index contributed by atoms with van der Waals surface area (Å²) >= 11 is 11.1. The summed E-state index contributed by atoms with van der Waals surface area (Å²) in [6, 6.07) is 20.6. The zero-order valence-corrected chi connectivity index (χ0v) is 27.7. The van der Waals surface area contributed by atoms with Gasteiger partial charge in [-0.15, -0.1) is 0 Å². The largest absolute Gasteiger partial charge is 0.496 e. The number of ether oxygens (including phenoxy) is 2. The summed E-state index contributed by atoms with van der Waals surface area (Å²) in [6.07, 6.45) is 3.61. The van der Waals surface area contributed by atoms with Crippen molar-refractivity contribution in [2.24, 2.45) is 4.99 Å². The van der Waals surface area contributed by atoms with E-state index in [1.807, 2.05) is 66.7 Å². The van der Waals surface area contributed by atoms with Gasteiger partial charge in [-0.25, -0.2) is 9.79 Å². The monoisotopic (exact) mass is 689 g/mol. The fourth-order valence-corrected chi connectivity index (χ4v) is 7.20. The molecule has 3 aromatic carbocycles. The maximum atomic E-state index is 14.3. The Hall–Kier alpha value is -3.92. The van der Waals surface area contributed by atoms with Gasteiger partial charge in [0.15, 0.2) is 4.80 Å². The molecule has 0 aliphatic carbocycles. The van der Waals surface area contributed by atoms with Crippen LogP contribution in [-0.2, 0) is 16.1 Å². The Bertz CT molecular complexity index is 2140. The van der Waals surface area contributed by atoms with Crippen LogP contribution in [0.25, 0.3) is 17.0 Å².